The Balaban J connectivity index is 1.41. The molecule has 0 radical (unpaired) electrons. The first-order valence-electron chi connectivity index (χ1n) is 10.3. The van der Waals surface area contributed by atoms with Crippen molar-refractivity contribution in [3.05, 3.63) is 58.6 Å². The van der Waals surface area contributed by atoms with E-state index in [0.29, 0.717) is 5.92 Å². The average Bonchev–Trinajstić information content (AvgIpc) is 2.71. The van der Waals surface area contributed by atoms with Gasteiger partial charge >= 0.3 is 0 Å². The van der Waals surface area contributed by atoms with Crippen molar-refractivity contribution in [2.45, 2.75) is 57.7 Å². The highest BCUT2D eigenvalue weighted by Crippen LogP contribution is 2.40. The van der Waals surface area contributed by atoms with E-state index >= 15 is 0 Å². The molecule has 1 heterocycles. The monoisotopic (exact) mass is 384 g/mol. The highest BCUT2D eigenvalue weighted by Gasteiger charge is 2.27. The Kier molecular flexibility index (Phi) is 6.17. The number of hydrogen-bond donors (Lipinski definition) is 0. The third-order valence-corrected chi connectivity index (χ3v) is 6.42. The summed E-state index contributed by atoms with van der Waals surface area (Å²) >= 11 is 6.04. The summed E-state index contributed by atoms with van der Waals surface area (Å²) in [5, 5.41) is 0.787. The Labute approximate surface area is 167 Å². The summed E-state index contributed by atoms with van der Waals surface area (Å²) in [6, 6.07) is 15.1. The van der Waals surface area contributed by atoms with E-state index in [1.807, 2.05) is 12.1 Å². The fourth-order valence-electron chi connectivity index (χ4n) is 4.56. The molecule has 3 heteroatoms. The first kappa shape index (κ1) is 19.0. The molecule has 1 aliphatic carbocycles. The molecule has 0 N–H and O–H groups in total. The SMILES string of the molecule is Cc1ccc(-c2ccc(Cl)cc2)cc1C1CCC(CC2OCCCO2)CC1. The van der Waals surface area contributed by atoms with E-state index in [9.17, 15) is 0 Å². The second kappa shape index (κ2) is 8.77. The maximum absolute atomic E-state index is 6.04. The Morgan fingerprint density at radius 3 is 2.26 bits per heavy atom. The van der Waals surface area contributed by atoms with Crippen molar-refractivity contribution < 1.29 is 9.47 Å². The van der Waals surface area contributed by atoms with Crippen LogP contribution in [0.1, 0.15) is 55.6 Å². The summed E-state index contributed by atoms with van der Waals surface area (Å²) in [5.41, 5.74) is 5.46. The Morgan fingerprint density at radius 2 is 1.56 bits per heavy atom. The van der Waals surface area contributed by atoms with Crippen molar-refractivity contribution in [2.24, 2.45) is 5.92 Å². The highest BCUT2D eigenvalue weighted by molar-refractivity contribution is 6.30. The van der Waals surface area contributed by atoms with Crippen molar-refractivity contribution in [3.8, 4) is 11.1 Å². The fraction of sp³-hybridized carbons (Fsp3) is 0.500. The van der Waals surface area contributed by atoms with Crippen molar-refractivity contribution >= 4 is 11.6 Å². The van der Waals surface area contributed by atoms with Crippen molar-refractivity contribution in [1.82, 2.24) is 0 Å². The van der Waals surface area contributed by atoms with Crippen LogP contribution in [0.15, 0.2) is 42.5 Å². The van der Waals surface area contributed by atoms with Crippen LogP contribution < -0.4 is 0 Å². The van der Waals surface area contributed by atoms with Crippen molar-refractivity contribution in [1.29, 1.82) is 0 Å². The van der Waals surface area contributed by atoms with Gasteiger partial charge in [-0.05, 0) is 85.3 Å². The van der Waals surface area contributed by atoms with Gasteiger partial charge in [0.15, 0.2) is 6.29 Å². The number of halogens is 1. The van der Waals surface area contributed by atoms with Crippen LogP contribution in [-0.4, -0.2) is 19.5 Å². The fourth-order valence-corrected chi connectivity index (χ4v) is 4.68. The summed E-state index contributed by atoms with van der Waals surface area (Å²) in [6.45, 7) is 3.96. The molecule has 0 spiro atoms. The zero-order chi connectivity index (χ0) is 18.6. The molecule has 0 aromatic heterocycles. The van der Waals surface area contributed by atoms with Gasteiger partial charge in [-0.1, -0.05) is 41.9 Å². The predicted molar refractivity (Wildman–Crippen MR) is 111 cm³/mol. The van der Waals surface area contributed by atoms with Crippen molar-refractivity contribution in [2.75, 3.05) is 13.2 Å². The average molecular weight is 385 g/mol. The molecule has 2 fully saturated rings. The molecule has 2 aromatic carbocycles. The molecule has 0 unspecified atom stereocenters. The molecule has 27 heavy (non-hydrogen) atoms. The topological polar surface area (TPSA) is 18.5 Å². The maximum atomic E-state index is 6.04. The molecular formula is C24H29ClO2. The van der Waals surface area contributed by atoms with Gasteiger partial charge in [0.1, 0.15) is 0 Å². The Hall–Kier alpha value is -1.35. The number of ether oxygens (including phenoxy) is 2. The maximum Gasteiger partial charge on any atom is 0.157 e. The lowest BCUT2D eigenvalue weighted by atomic mass is 9.76. The minimum atomic E-state index is 0.0373. The summed E-state index contributed by atoms with van der Waals surface area (Å²) in [7, 11) is 0. The quantitative estimate of drug-likeness (QED) is 0.580. The van der Waals surface area contributed by atoms with E-state index in [-0.39, 0.29) is 6.29 Å². The van der Waals surface area contributed by atoms with Crippen LogP contribution in [0.25, 0.3) is 11.1 Å². The predicted octanol–water partition coefficient (Wildman–Crippen LogP) is 6.74. The molecule has 0 bridgehead atoms. The van der Waals surface area contributed by atoms with E-state index in [4.69, 9.17) is 21.1 Å². The number of aryl methyl sites for hydroxylation is 1. The van der Waals surface area contributed by atoms with E-state index in [1.54, 1.807) is 0 Å². The van der Waals surface area contributed by atoms with E-state index in [2.05, 4.69) is 37.3 Å². The second-order valence-corrected chi connectivity index (χ2v) is 8.49. The summed E-state index contributed by atoms with van der Waals surface area (Å²) in [5.74, 6) is 1.41. The minimum Gasteiger partial charge on any atom is -0.353 e. The Morgan fingerprint density at radius 1 is 0.889 bits per heavy atom. The lowest BCUT2D eigenvalue weighted by Gasteiger charge is -2.33. The van der Waals surface area contributed by atoms with Gasteiger partial charge < -0.3 is 9.47 Å². The highest BCUT2D eigenvalue weighted by atomic mass is 35.5. The van der Waals surface area contributed by atoms with Crippen LogP contribution in [-0.2, 0) is 9.47 Å². The molecule has 2 aromatic rings. The van der Waals surface area contributed by atoms with E-state index < -0.39 is 0 Å². The zero-order valence-electron chi connectivity index (χ0n) is 16.1. The molecule has 1 saturated heterocycles. The van der Waals surface area contributed by atoms with Crippen LogP contribution in [0, 0.1) is 12.8 Å². The van der Waals surface area contributed by atoms with Gasteiger partial charge in [0, 0.05) is 11.4 Å². The number of rotatable bonds is 4. The summed E-state index contributed by atoms with van der Waals surface area (Å²) < 4.78 is 11.5. The van der Waals surface area contributed by atoms with E-state index in [0.717, 1.165) is 37.0 Å². The minimum absolute atomic E-state index is 0.0373. The first-order chi connectivity index (χ1) is 13.2. The van der Waals surface area contributed by atoms with Gasteiger partial charge in [0.25, 0.3) is 0 Å². The normalized spacial score (nSPS) is 24.1. The molecule has 2 nitrogen and oxygen atoms in total. The van der Waals surface area contributed by atoms with Crippen LogP contribution in [0.4, 0.5) is 0 Å². The third-order valence-electron chi connectivity index (χ3n) is 6.17. The summed E-state index contributed by atoms with van der Waals surface area (Å²) in [4.78, 5) is 0. The zero-order valence-corrected chi connectivity index (χ0v) is 16.9. The van der Waals surface area contributed by atoms with Crippen LogP contribution in [0.2, 0.25) is 5.02 Å². The van der Waals surface area contributed by atoms with Crippen LogP contribution in [0.3, 0.4) is 0 Å². The molecular weight excluding hydrogens is 356 g/mol. The molecule has 0 amide bonds. The lowest BCUT2D eigenvalue weighted by Crippen LogP contribution is -2.28. The lowest BCUT2D eigenvalue weighted by molar-refractivity contribution is -0.187. The molecule has 0 atom stereocenters. The van der Waals surface area contributed by atoms with Gasteiger partial charge in [-0.15, -0.1) is 0 Å². The first-order valence-corrected chi connectivity index (χ1v) is 10.7. The summed E-state index contributed by atoms with van der Waals surface area (Å²) in [6.07, 6.45) is 7.22. The molecule has 1 aliphatic heterocycles. The van der Waals surface area contributed by atoms with Gasteiger partial charge in [-0.2, -0.15) is 0 Å². The molecule has 1 saturated carbocycles. The van der Waals surface area contributed by atoms with E-state index in [1.165, 1.54) is 47.9 Å². The standard InChI is InChI=1S/C24H29ClO2/c1-17-3-6-21(19-9-11-22(25)12-10-19)16-23(17)20-7-4-18(5-8-20)15-24-26-13-2-14-27-24/h3,6,9-12,16,18,20,24H,2,4-5,7-8,13-15H2,1H3. The third kappa shape index (κ3) is 4.74. The Bertz CT molecular complexity index is 741. The van der Waals surface area contributed by atoms with Gasteiger partial charge in [-0.3, -0.25) is 0 Å². The van der Waals surface area contributed by atoms with Gasteiger partial charge in [0.2, 0.25) is 0 Å². The molecule has 144 valence electrons. The van der Waals surface area contributed by atoms with Crippen molar-refractivity contribution in [3.63, 3.8) is 0 Å². The molecule has 4 rings (SSSR count). The van der Waals surface area contributed by atoms with Crippen LogP contribution in [0.5, 0.6) is 0 Å². The largest absolute Gasteiger partial charge is 0.353 e. The molecule has 2 aliphatic rings. The second-order valence-electron chi connectivity index (χ2n) is 8.06. The van der Waals surface area contributed by atoms with Gasteiger partial charge in [0.05, 0.1) is 13.2 Å². The van der Waals surface area contributed by atoms with Crippen LogP contribution >= 0.6 is 11.6 Å². The number of hydrogen-bond acceptors (Lipinski definition) is 2. The van der Waals surface area contributed by atoms with Gasteiger partial charge in [-0.25, -0.2) is 0 Å². The smallest absolute Gasteiger partial charge is 0.157 e. The number of benzene rings is 2.